The van der Waals surface area contributed by atoms with E-state index in [0.717, 1.165) is 55.9 Å². The summed E-state index contributed by atoms with van der Waals surface area (Å²) in [4.78, 5) is 36.8. The lowest BCUT2D eigenvalue weighted by Crippen LogP contribution is -2.32. The molecule has 29 heavy (non-hydrogen) atoms. The van der Waals surface area contributed by atoms with Gasteiger partial charge in [0.15, 0.2) is 0 Å². The molecule has 2 aromatic heterocycles. The second-order valence-electron chi connectivity index (χ2n) is 7.66. The number of hydrogen-bond donors (Lipinski definition) is 1. The van der Waals surface area contributed by atoms with Crippen LogP contribution in [0.5, 0.6) is 0 Å². The second-order valence-corrected chi connectivity index (χ2v) is 8.74. The summed E-state index contributed by atoms with van der Waals surface area (Å²) in [5, 5.41) is 0.677. The number of hydrogen-bond acceptors (Lipinski definition) is 4. The molecule has 1 fully saturated rings. The van der Waals surface area contributed by atoms with Gasteiger partial charge in [0.05, 0.1) is 11.4 Å². The molecule has 1 aliphatic carbocycles. The fourth-order valence-corrected chi connectivity index (χ4v) is 5.74. The first kappa shape index (κ1) is 18.4. The van der Waals surface area contributed by atoms with Crippen LogP contribution in [0.2, 0.25) is 0 Å². The van der Waals surface area contributed by atoms with Gasteiger partial charge in [0.25, 0.3) is 11.5 Å². The number of amides is 1. The lowest BCUT2D eigenvalue weighted by atomic mass is 9.97. The monoisotopic (exact) mass is 415 g/mol. The number of nitrogens with zero attached hydrogens (tertiary/aromatic N) is 2. The Bertz CT molecular complexity index is 1170. The molecule has 3 heterocycles. The Kier molecular flexibility index (Phi) is 4.46. The highest BCUT2D eigenvalue weighted by atomic mass is 32.1. The van der Waals surface area contributed by atoms with Crippen LogP contribution in [0.15, 0.2) is 23.0 Å². The number of thiophene rings is 1. The van der Waals surface area contributed by atoms with Gasteiger partial charge in [0.1, 0.15) is 22.3 Å². The van der Waals surface area contributed by atoms with Gasteiger partial charge >= 0.3 is 0 Å². The van der Waals surface area contributed by atoms with Gasteiger partial charge in [-0.25, -0.2) is 13.8 Å². The smallest absolute Gasteiger partial charge is 0.259 e. The van der Waals surface area contributed by atoms with Crippen molar-refractivity contribution >= 4 is 27.5 Å². The molecule has 2 aliphatic rings. The van der Waals surface area contributed by atoms with E-state index in [4.69, 9.17) is 4.98 Å². The molecule has 1 amide bonds. The molecule has 0 spiro atoms. The van der Waals surface area contributed by atoms with E-state index in [0.29, 0.717) is 29.0 Å². The molecule has 1 aliphatic heterocycles. The van der Waals surface area contributed by atoms with E-state index in [2.05, 4.69) is 4.98 Å². The third kappa shape index (κ3) is 3.15. The highest BCUT2D eigenvalue weighted by molar-refractivity contribution is 7.18. The molecule has 8 heteroatoms. The van der Waals surface area contributed by atoms with Crippen molar-refractivity contribution in [2.75, 3.05) is 6.54 Å². The number of benzene rings is 1. The molecule has 1 unspecified atom stereocenters. The van der Waals surface area contributed by atoms with Gasteiger partial charge in [0, 0.05) is 23.1 Å². The van der Waals surface area contributed by atoms with Crippen LogP contribution >= 0.6 is 11.3 Å². The normalized spacial score (nSPS) is 19.0. The number of carbonyl (C=O) groups is 1. The Hall–Kier alpha value is -2.61. The van der Waals surface area contributed by atoms with Crippen molar-refractivity contribution in [1.29, 1.82) is 0 Å². The Morgan fingerprint density at radius 1 is 1.14 bits per heavy atom. The van der Waals surface area contributed by atoms with Gasteiger partial charge in [-0.15, -0.1) is 11.3 Å². The van der Waals surface area contributed by atoms with Crippen LogP contribution in [0.3, 0.4) is 0 Å². The van der Waals surface area contributed by atoms with Crippen LogP contribution in [0.25, 0.3) is 10.2 Å². The van der Waals surface area contributed by atoms with E-state index >= 15 is 0 Å². The standard InChI is InChI=1S/C21H19F2N3O2S/c22-12-8-11(9-13(23)10-12)21(28)26-7-3-5-15(26)18-24-19(27)17-14-4-1-2-6-16(14)29-20(17)25-18/h8-10,15H,1-7H2,(H,24,25,27). The summed E-state index contributed by atoms with van der Waals surface area (Å²) in [6, 6.07) is 2.40. The van der Waals surface area contributed by atoms with Crippen LogP contribution in [-0.4, -0.2) is 27.3 Å². The van der Waals surface area contributed by atoms with E-state index in [1.807, 2.05) is 0 Å². The Labute approximate surface area is 169 Å². The molecule has 1 aromatic carbocycles. The number of aromatic nitrogens is 2. The highest BCUT2D eigenvalue weighted by Gasteiger charge is 2.33. The van der Waals surface area contributed by atoms with Crippen molar-refractivity contribution in [3.8, 4) is 0 Å². The molecule has 0 bridgehead atoms. The van der Waals surface area contributed by atoms with Gasteiger partial charge in [0.2, 0.25) is 0 Å². The summed E-state index contributed by atoms with van der Waals surface area (Å²) >= 11 is 1.56. The fourth-order valence-electron chi connectivity index (χ4n) is 4.48. The Balaban J connectivity index is 1.53. The van der Waals surface area contributed by atoms with Crippen molar-refractivity contribution in [3.63, 3.8) is 0 Å². The molecule has 150 valence electrons. The molecule has 3 aromatic rings. The summed E-state index contributed by atoms with van der Waals surface area (Å²) in [6.07, 6.45) is 5.46. The summed E-state index contributed by atoms with van der Waals surface area (Å²) in [7, 11) is 0. The zero-order valence-corrected chi connectivity index (χ0v) is 16.5. The molecular weight excluding hydrogens is 396 g/mol. The second kappa shape index (κ2) is 7.02. The van der Waals surface area contributed by atoms with Crippen LogP contribution in [0.4, 0.5) is 8.78 Å². The van der Waals surface area contributed by atoms with Gasteiger partial charge < -0.3 is 9.88 Å². The van der Waals surface area contributed by atoms with Crippen molar-refractivity contribution < 1.29 is 13.6 Å². The molecule has 1 N–H and O–H groups in total. The summed E-state index contributed by atoms with van der Waals surface area (Å²) in [5.41, 5.74) is 0.913. The maximum atomic E-state index is 13.6. The number of nitrogens with one attached hydrogen (secondary N) is 1. The van der Waals surface area contributed by atoms with Crippen molar-refractivity contribution in [2.45, 2.75) is 44.6 Å². The number of halogens is 2. The number of rotatable bonds is 2. The van der Waals surface area contributed by atoms with E-state index in [-0.39, 0.29) is 11.1 Å². The van der Waals surface area contributed by atoms with E-state index in [1.165, 1.54) is 4.88 Å². The Morgan fingerprint density at radius 2 is 1.90 bits per heavy atom. The first-order valence-electron chi connectivity index (χ1n) is 9.83. The summed E-state index contributed by atoms with van der Waals surface area (Å²) in [6.45, 7) is 0.449. The van der Waals surface area contributed by atoms with Crippen LogP contribution in [0.1, 0.15) is 58.3 Å². The maximum absolute atomic E-state index is 13.6. The van der Waals surface area contributed by atoms with E-state index in [1.54, 1.807) is 16.2 Å². The largest absolute Gasteiger partial charge is 0.328 e. The predicted molar refractivity (Wildman–Crippen MR) is 106 cm³/mol. The molecule has 5 nitrogen and oxygen atoms in total. The van der Waals surface area contributed by atoms with Gasteiger partial charge in [-0.3, -0.25) is 9.59 Å². The minimum absolute atomic E-state index is 0.0376. The number of H-pyrrole nitrogens is 1. The lowest BCUT2D eigenvalue weighted by molar-refractivity contribution is 0.0729. The molecule has 0 radical (unpaired) electrons. The van der Waals surface area contributed by atoms with Crippen LogP contribution in [-0.2, 0) is 12.8 Å². The topological polar surface area (TPSA) is 66.1 Å². The Morgan fingerprint density at radius 3 is 2.69 bits per heavy atom. The maximum Gasteiger partial charge on any atom is 0.259 e. The van der Waals surface area contributed by atoms with Crippen molar-refractivity contribution in [1.82, 2.24) is 14.9 Å². The van der Waals surface area contributed by atoms with Crippen LogP contribution < -0.4 is 5.56 Å². The van der Waals surface area contributed by atoms with Crippen LogP contribution in [0, 0.1) is 11.6 Å². The number of carbonyl (C=O) groups excluding carboxylic acids is 1. The molecular formula is C21H19F2N3O2S. The first-order chi connectivity index (χ1) is 14.0. The highest BCUT2D eigenvalue weighted by Crippen LogP contribution is 2.36. The average Bonchev–Trinajstić information content (AvgIpc) is 3.31. The van der Waals surface area contributed by atoms with Gasteiger partial charge in [-0.05, 0) is 56.2 Å². The zero-order chi connectivity index (χ0) is 20.1. The molecule has 0 saturated carbocycles. The predicted octanol–water partition coefficient (Wildman–Crippen LogP) is 4.12. The third-order valence-electron chi connectivity index (χ3n) is 5.78. The number of likely N-dealkylation sites (tertiary alicyclic amines) is 1. The first-order valence-corrected chi connectivity index (χ1v) is 10.6. The van der Waals surface area contributed by atoms with E-state index in [9.17, 15) is 18.4 Å². The number of aryl methyl sites for hydroxylation is 2. The third-order valence-corrected chi connectivity index (χ3v) is 6.97. The van der Waals surface area contributed by atoms with Crippen molar-refractivity contribution in [2.24, 2.45) is 0 Å². The average molecular weight is 415 g/mol. The number of aromatic amines is 1. The number of fused-ring (bicyclic) bond motifs is 3. The quantitative estimate of drug-likeness (QED) is 0.685. The minimum atomic E-state index is -0.791. The summed E-state index contributed by atoms with van der Waals surface area (Å²) < 4.78 is 27.1. The molecule has 1 atom stereocenters. The zero-order valence-electron chi connectivity index (χ0n) is 15.6. The lowest BCUT2D eigenvalue weighted by Gasteiger charge is -2.24. The molecule has 1 saturated heterocycles. The van der Waals surface area contributed by atoms with Crippen molar-refractivity contribution in [3.05, 3.63) is 62.0 Å². The van der Waals surface area contributed by atoms with E-state index < -0.39 is 23.6 Å². The minimum Gasteiger partial charge on any atom is -0.328 e. The summed E-state index contributed by atoms with van der Waals surface area (Å²) in [5.74, 6) is -1.59. The van der Waals surface area contributed by atoms with Gasteiger partial charge in [-0.2, -0.15) is 0 Å². The van der Waals surface area contributed by atoms with Gasteiger partial charge in [-0.1, -0.05) is 0 Å². The fraction of sp³-hybridized carbons (Fsp3) is 0.381. The SMILES string of the molecule is O=C(c1cc(F)cc(F)c1)N1CCCC1c1nc2sc3c(c2c(=O)[nH]1)CCCC3. The molecule has 5 rings (SSSR count).